The smallest absolute Gasteiger partial charge is 0.322 e. The first-order valence-electron chi connectivity index (χ1n) is 7.69. The van der Waals surface area contributed by atoms with Gasteiger partial charge in [-0.25, -0.2) is 13.6 Å². The summed E-state index contributed by atoms with van der Waals surface area (Å²) in [7, 11) is 0. The number of carbonyl (C=O) groups is 1. The molecule has 1 fully saturated rings. The lowest BCUT2D eigenvalue weighted by Crippen LogP contribution is -2.44. The van der Waals surface area contributed by atoms with Gasteiger partial charge in [0, 0.05) is 12.2 Å². The molecule has 2 aromatic rings. The molecule has 2 aromatic carbocycles. The Morgan fingerprint density at radius 3 is 2.64 bits per heavy atom. The Labute approximate surface area is 143 Å². The molecular formula is C18H15F2N3O2. The lowest BCUT2D eigenvalue weighted by molar-refractivity contribution is -0.0136. The molecule has 0 aromatic heterocycles. The van der Waals surface area contributed by atoms with Gasteiger partial charge in [-0.3, -0.25) is 0 Å². The SMILES string of the molecule is N#Cc1ccc(NC(=O)N2CCOC(c3ccc(F)c(F)c3)C2)cc1. The minimum absolute atomic E-state index is 0.229. The molecule has 25 heavy (non-hydrogen) atoms. The first-order valence-corrected chi connectivity index (χ1v) is 7.69. The zero-order chi connectivity index (χ0) is 17.8. The Balaban J connectivity index is 1.66. The first kappa shape index (κ1) is 16.9. The second kappa shape index (κ2) is 7.28. The number of carbonyl (C=O) groups excluding carboxylic acids is 1. The zero-order valence-electron chi connectivity index (χ0n) is 13.2. The van der Waals surface area contributed by atoms with Gasteiger partial charge in [-0.1, -0.05) is 6.07 Å². The fraction of sp³-hybridized carbons (Fsp3) is 0.222. The van der Waals surface area contributed by atoms with Gasteiger partial charge in [0.1, 0.15) is 6.10 Å². The van der Waals surface area contributed by atoms with E-state index in [4.69, 9.17) is 10.00 Å². The summed E-state index contributed by atoms with van der Waals surface area (Å²) in [5, 5.41) is 11.5. The number of hydrogen-bond acceptors (Lipinski definition) is 3. The number of ether oxygens (including phenoxy) is 1. The van der Waals surface area contributed by atoms with Crippen LogP contribution in [0.2, 0.25) is 0 Å². The van der Waals surface area contributed by atoms with E-state index in [0.29, 0.717) is 30.0 Å². The second-order valence-corrected chi connectivity index (χ2v) is 5.60. The third-order valence-corrected chi connectivity index (χ3v) is 3.93. The van der Waals surface area contributed by atoms with Gasteiger partial charge >= 0.3 is 6.03 Å². The van der Waals surface area contributed by atoms with Crippen molar-refractivity contribution in [1.29, 1.82) is 5.26 Å². The summed E-state index contributed by atoms with van der Waals surface area (Å²) in [6.07, 6.45) is -0.518. The van der Waals surface area contributed by atoms with Gasteiger partial charge in [0.15, 0.2) is 11.6 Å². The summed E-state index contributed by atoms with van der Waals surface area (Å²) in [5.74, 6) is -1.87. The molecule has 2 amide bonds. The summed E-state index contributed by atoms with van der Waals surface area (Å²) in [6.45, 7) is 0.917. The molecule has 0 bridgehead atoms. The minimum Gasteiger partial charge on any atom is -0.370 e. The van der Waals surface area contributed by atoms with Crippen molar-refractivity contribution in [2.75, 3.05) is 25.0 Å². The molecule has 1 aliphatic rings. The number of nitriles is 1. The number of anilines is 1. The van der Waals surface area contributed by atoms with Crippen molar-refractivity contribution < 1.29 is 18.3 Å². The number of halogens is 2. The molecular weight excluding hydrogens is 328 g/mol. The van der Waals surface area contributed by atoms with Crippen LogP contribution in [0.25, 0.3) is 0 Å². The summed E-state index contributed by atoms with van der Waals surface area (Å²) in [4.78, 5) is 13.9. The van der Waals surface area contributed by atoms with Gasteiger partial charge < -0.3 is 15.0 Å². The van der Waals surface area contributed by atoms with E-state index in [0.717, 1.165) is 12.1 Å². The lowest BCUT2D eigenvalue weighted by Gasteiger charge is -2.33. The summed E-state index contributed by atoms with van der Waals surface area (Å²) >= 11 is 0. The maximum atomic E-state index is 13.4. The Bertz CT molecular complexity index is 818. The number of morpholine rings is 1. The predicted molar refractivity (Wildman–Crippen MR) is 86.8 cm³/mol. The number of nitrogens with one attached hydrogen (secondary N) is 1. The molecule has 0 aliphatic carbocycles. The number of rotatable bonds is 2. The van der Waals surface area contributed by atoms with E-state index in [1.54, 1.807) is 29.2 Å². The highest BCUT2D eigenvalue weighted by Gasteiger charge is 2.26. The molecule has 128 valence electrons. The van der Waals surface area contributed by atoms with Crippen molar-refractivity contribution >= 4 is 11.7 Å². The monoisotopic (exact) mass is 343 g/mol. The lowest BCUT2D eigenvalue weighted by atomic mass is 10.1. The average molecular weight is 343 g/mol. The quantitative estimate of drug-likeness (QED) is 0.908. The number of urea groups is 1. The molecule has 1 aliphatic heterocycles. The molecule has 7 heteroatoms. The highest BCUT2D eigenvalue weighted by Crippen LogP contribution is 2.24. The van der Waals surface area contributed by atoms with Crippen LogP contribution in [0.15, 0.2) is 42.5 Å². The van der Waals surface area contributed by atoms with Gasteiger partial charge in [-0.15, -0.1) is 0 Å². The van der Waals surface area contributed by atoms with Crippen LogP contribution in [0.1, 0.15) is 17.2 Å². The van der Waals surface area contributed by atoms with E-state index >= 15 is 0 Å². The van der Waals surface area contributed by atoms with Crippen LogP contribution in [0.4, 0.5) is 19.3 Å². The predicted octanol–water partition coefficient (Wildman–Crippen LogP) is 3.44. The normalized spacial score (nSPS) is 17.0. The molecule has 0 radical (unpaired) electrons. The Hall–Kier alpha value is -2.98. The maximum Gasteiger partial charge on any atom is 0.322 e. The third kappa shape index (κ3) is 3.92. The van der Waals surface area contributed by atoms with Crippen molar-refractivity contribution in [3.8, 4) is 6.07 Å². The van der Waals surface area contributed by atoms with E-state index in [9.17, 15) is 13.6 Å². The first-order chi connectivity index (χ1) is 12.1. The van der Waals surface area contributed by atoms with E-state index in [1.165, 1.54) is 6.07 Å². The van der Waals surface area contributed by atoms with Crippen LogP contribution >= 0.6 is 0 Å². The van der Waals surface area contributed by atoms with Crippen LogP contribution in [0.5, 0.6) is 0 Å². The van der Waals surface area contributed by atoms with Crippen molar-refractivity contribution in [1.82, 2.24) is 4.90 Å². The van der Waals surface area contributed by atoms with Crippen LogP contribution in [0.3, 0.4) is 0 Å². The summed E-state index contributed by atoms with van der Waals surface area (Å²) < 4.78 is 32.0. The van der Waals surface area contributed by atoms with Crippen LogP contribution < -0.4 is 5.32 Å². The van der Waals surface area contributed by atoms with Gasteiger partial charge in [-0.2, -0.15) is 5.26 Å². The minimum atomic E-state index is -0.944. The van der Waals surface area contributed by atoms with E-state index in [1.807, 2.05) is 6.07 Å². The third-order valence-electron chi connectivity index (χ3n) is 3.93. The molecule has 0 saturated carbocycles. The van der Waals surface area contributed by atoms with E-state index in [2.05, 4.69) is 5.32 Å². The number of benzene rings is 2. The largest absolute Gasteiger partial charge is 0.370 e. The standard InChI is InChI=1S/C18H15F2N3O2/c19-15-6-3-13(9-16(15)20)17-11-23(7-8-25-17)18(24)22-14-4-1-12(10-21)2-5-14/h1-6,9,17H,7-8,11H2,(H,22,24). The highest BCUT2D eigenvalue weighted by atomic mass is 19.2. The van der Waals surface area contributed by atoms with Crippen molar-refractivity contribution in [3.05, 3.63) is 65.2 Å². The fourth-order valence-electron chi connectivity index (χ4n) is 2.58. The maximum absolute atomic E-state index is 13.4. The Morgan fingerprint density at radius 1 is 1.20 bits per heavy atom. The van der Waals surface area contributed by atoms with Crippen molar-refractivity contribution in [2.24, 2.45) is 0 Å². The molecule has 1 N–H and O–H groups in total. The second-order valence-electron chi connectivity index (χ2n) is 5.60. The highest BCUT2D eigenvalue weighted by molar-refractivity contribution is 5.89. The zero-order valence-corrected chi connectivity index (χ0v) is 13.2. The molecule has 1 unspecified atom stereocenters. The molecule has 1 atom stereocenters. The number of hydrogen-bond donors (Lipinski definition) is 1. The van der Waals surface area contributed by atoms with Gasteiger partial charge in [0.25, 0.3) is 0 Å². The van der Waals surface area contributed by atoms with E-state index in [-0.39, 0.29) is 12.6 Å². The van der Waals surface area contributed by atoms with Gasteiger partial charge in [0.2, 0.25) is 0 Å². The van der Waals surface area contributed by atoms with Crippen LogP contribution in [0, 0.1) is 23.0 Å². The Kier molecular flexibility index (Phi) is 4.91. The molecule has 1 heterocycles. The average Bonchev–Trinajstić information content (AvgIpc) is 2.64. The molecule has 3 rings (SSSR count). The summed E-state index contributed by atoms with van der Waals surface area (Å²) in [6, 6.07) is 11.8. The molecule has 0 spiro atoms. The fourth-order valence-corrected chi connectivity index (χ4v) is 2.58. The van der Waals surface area contributed by atoms with E-state index < -0.39 is 17.7 Å². The molecule has 1 saturated heterocycles. The van der Waals surface area contributed by atoms with Gasteiger partial charge in [-0.05, 0) is 42.0 Å². The van der Waals surface area contributed by atoms with Crippen LogP contribution in [-0.2, 0) is 4.74 Å². The van der Waals surface area contributed by atoms with Gasteiger partial charge in [0.05, 0.1) is 24.8 Å². The topological polar surface area (TPSA) is 65.4 Å². The molecule has 5 nitrogen and oxygen atoms in total. The Morgan fingerprint density at radius 2 is 1.96 bits per heavy atom. The van der Waals surface area contributed by atoms with Crippen molar-refractivity contribution in [3.63, 3.8) is 0 Å². The number of nitrogens with zero attached hydrogens (tertiary/aromatic N) is 2. The van der Waals surface area contributed by atoms with Crippen LogP contribution in [-0.4, -0.2) is 30.6 Å². The number of amides is 2. The van der Waals surface area contributed by atoms with Crippen molar-refractivity contribution in [2.45, 2.75) is 6.10 Å². The summed E-state index contributed by atoms with van der Waals surface area (Å²) in [5.41, 5.74) is 1.55.